The largest absolute Gasteiger partial charge is 0.376 e. The Balaban J connectivity index is 1.87. The molecule has 1 unspecified atom stereocenters. The second-order valence-electron chi connectivity index (χ2n) is 8.38. The van der Waals surface area contributed by atoms with Crippen LogP contribution >= 0.6 is 0 Å². The lowest BCUT2D eigenvalue weighted by molar-refractivity contribution is -0.140. The van der Waals surface area contributed by atoms with Crippen LogP contribution in [-0.2, 0) is 32.2 Å². The van der Waals surface area contributed by atoms with Crippen LogP contribution in [0.3, 0.4) is 0 Å². The van der Waals surface area contributed by atoms with E-state index >= 15 is 0 Å². The third-order valence-corrected chi connectivity index (χ3v) is 4.65. The highest BCUT2D eigenvalue weighted by atomic mass is 16.5. The van der Waals surface area contributed by atoms with Crippen LogP contribution in [0.5, 0.6) is 0 Å². The smallest absolute Gasteiger partial charge is 0.232 e. The predicted octanol–water partition coefficient (Wildman–Crippen LogP) is 2.17. The minimum atomic E-state index is -0.430. The summed E-state index contributed by atoms with van der Waals surface area (Å²) >= 11 is 0. The molecule has 0 saturated carbocycles. The number of aromatic nitrogens is 3. The monoisotopic (exact) mass is 380 g/mol. The predicted molar refractivity (Wildman–Crippen MR) is 99.7 cm³/mol. The Hall–Kier alpha value is -1.80. The van der Waals surface area contributed by atoms with Crippen LogP contribution in [0.2, 0.25) is 0 Å². The Morgan fingerprint density at radius 1 is 1.19 bits per heavy atom. The van der Waals surface area contributed by atoms with Crippen molar-refractivity contribution in [3.8, 4) is 0 Å². The lowest BCUT2D eigenvalue weighted by atomic mass is 10.1. The van der Waals surface area contributed by atoms with Crippen molar-refractivity contribution in [3.63, 3.8) is 0 Å². The zero-order valence-electron chi connectivity index (χ0n) is 17.3. The zero-order valence-corrected chi connectivity index (χ0v) is 17.3. The summed E-state index contributed by atoms with van der Waals surface area (Å²) in [4.78, 5) is 25.2. The SMILES string of the molecule is CCOC(C)(C)CCOC(C)(C)Cn1cc(CN2C(=O)CC(C)C2=O)nn1. The summed E-state index contributed by atoms with van der Waals surface area (Å²) in [6.45, 7) is 13.8. The number of hydrogen-bond acceptors (Lipinski definition) is 6. The van der Waals surface area contributed by atoms with Crippen LogP contribution in [-0.4, -0.2) is 56.1 Å². The van der Waals surface area contributed by atoms with Crippen LogP contribution in [0.15, 0.2) is 6.20 Å². The standard InChI is InChI=1S/C19H32N4O4/c1-7-26-18(3,4)8-9-27-19(5,6)13-22-11-15(20-21-22)12-23-16(24)10-14(2)17(23)25/h11,14H,7-10,12-13H2,1-6H3. The molecule has 1 fully saturated rings. The molecule has 0 bridgehead atoms. The molecule has 1 aromatic heterocycles. The molecule has 1 aliphatic rings. The van der Waals surface area contributed by atoms with Gasteiger partial charge in [0.1, 0.15) is 5.69 Å². The molecule has 2 heterocycles. The van der Waals surface area contributed by atoms with E-state index in [9.17, 15) is 9.59 Å². The van der Waals surface area contributed by atoms with Gasteiger partial charge < -0.3 is 9.47 Å². The van der Waals surface area contributed by atoms with Crippen molar-refractivity contribution in [1.29, 1.82) is 0 Å². The first-order chi connectivity index (χ1) is 12.5. The molecule has 1 aliphatic heterocycles. The molecule has 1 atom stereocenters. The second kappa shape index (κ2) is 8.48. The molecule has 0 radical (unpaired) electrons. The van der Waals surface area contributed by atoms with E-state index in [0.29, 0.717) is 25.5 Å². The van der Waals surface area contributed by atoms with E-state index in [1.165, 1.54) is 4.90 Å². The third-order valence-electron chi connectivity index (χ3n) is 4.65. The molecular formula is C19H32N4O4. The summed E-state index contributed by atoms with van der Waals surface area (Å²) in [7, 11) is 0. The van der Waals surface area contributed by atoms with Crippen LogP contribution in [0, 0.1) is 5.92 Å². The maximum atomic E-state index is 12.0. The number of amides is 2. The number of hydrogen-bond donors (Lipinski definition) is 0. The van der Waals surface area contributed by atoms with Crippen molar-refractivity contribution in [2.75, 3.05) is 13.2 Å². The van der Waals surface area contributed by atoms with Crippen molar-refractivity contribution >= 4 is 11.8 Å². The first-order valence-electron chi connectivity index (χ1n) is 9.54. The summed E-state index contributed by atoms with van der Waals surface area (Å²) in [5, 5.41) is 8.20. The van der Waals surface area contributed by atoms with Gasteiger partial charge in [0.05, 0.1) is 37.1 Å². The highest BCUT2D eigenvalue weighted by Gasteiger charge is 2.36. The molecule has 0 aromatic carbocycles. The van der Waals surface area contributed by atoms with Gasteiger partial charge in [0, 0.05) is 18.9 Å². The van der Waals surface area contributed by atoms with E-state index in [0.717, 1.165) is 6.42 Å². The lowest BCUT2D eigenvalue weighted by Gasteiger charge is -2.29. The third kappa shape index (κ3) is 6.10. The highest BCUT2D eigenvalue weighted by Crippen LogP contribution is 2.21. The number of likely N-dealkylation sites (tertiary alicyclic amines) is 1. The summed E-state index contributed by atoms with van der Waals surface area (Å²) in [5.41, 5.74) is -0.0442. The van der Waals surface area contributed by atoms with Crippen molar-refractivity contribution < 1.29 is 19.1 Å². The fraction of sp³-hybridized carbons (Fsp3) is 0.789. The lowest BCUT2D eigenvalue weighted by Crippen LogP contribution is -2.34. The second-order valence-corrected chi connectivity index (χ2v) is 8.38. The van der Waals surface area contributed by atoms with Gasteiger partial charge in [-0.2, -0.15) is 0 Å². The number of nitrogens with zero attached hydrogens (tertiary/aromatic N) is 4. The molecule has 2 rings (SSSR count). The average molecular weight is 380 g/mol. The van der Waals surface area contributed by atoms with Crippen LogP contribution < -0.4 is 0 Å². The van der Waals surface area contributed by atoms with Gasteiger partial charge in [-0.3, -0.25) is 14.5 Å². The molecule has 27 heavy (non-hydrogen) atoms. The first-order valence-corrected chi connectivity index (χ1v) is 9.54. The summed E-state index contributed by atoms with van der Waals surface area (Å²) < 4.78 is 13.4. The van der Waals surface area contributed by atoms with E-state index in [2.05, 4.69) is 24.2 Å². The van der Waals surface area contributed by atoms with Gasteiger partial charge in [0.2, 0.25) is 11.8 Å². The molecule has 0 spiro atoms. The number of ether oxygens (including phenoxy) is 2. The fourth-order valence-corrected chi connectivity index (χ4v) is 3.14. The average Bonchev–Trinajstić information content (AvgIpc) is 3.06. The number of carbonyl (C=O) groups excluding carboxylic acids is 2. The molecule has 2 amide bonds. The molecule has 0 aliphatic carbocycles. The highest BCUT2D eigenvalue weighted by molar-refractivity contribution is 6.03. The maximum Gasteiger partial charge on any atom is 0.232 e. The maximum absolute atomic E-state index is 12.0. The van der Waals surface area contributed by atoms with Gasteiger partial charge in [-0.25, -0.2) is 4.68 Å². The molecule has 152 valence electrons. The van der Waals surface area contributed by atoms with Crippen molar-refractivity contribution in [1.82, 2.24) is 19.9 Å². The minimum Gasteiger partial charge on any atom is -0.376 e. The van der Waals surface area contributed by atoms with E-state index < -0.39 is 5.60 Å². The Bertz CT molecular complexity index is 668. The van der Waals surface area contributed by atoms with Crippen molar-refractivity contribution in [2.24, 2.45) is 5.92 Å². The normalized spacial score (nSPS) is 18.6. The fourth-order valence-electron chi connectivity index (χ4n) is 3.14. The Morgan fingerprint density at radius 2 is 1.89 bits per heavy atom. The van der Waals surface area contributed by atoms with Gasteiger partial charge in [-0.1, -0.05) is 12.1 Å². The molecular weight excluding hydrogens is 348 g/mol. The molecule has 0 N–H and O–H groups in total. The van der Waals surface area contributed by atoms with Crippen molar-refractivity contribution in [2.45, 2.75) is 78.7 Å². The zero-order chi connectivity index (χ0) is 20.2. The summed E-state index contributed by atoms with van der Waals surface area (Å²) in [6, 6.07) is 0. The Morgan fingerprint density at radius 3 is 2.48 bits per heavy atom. The number of imide groups is 1. The van der Waals surface area contributed by atoms with E-state index in [4.69, 9.17) is 9.47 Å². The van der Waals surface area contributed by atoms with Crippen LogP contribution in [0.25, 0.3) is 0 Å². The molecule has 1 saturated heterocycles. The van der Waals surface area contributed by atoms with Gasteiger partial charge in [0.15, 0.2) is 0 Å². The molecule has 8 nitrogen and oxygen atoms in total. The number of carbonyl (C=O) groups is 2. The van der Waals surface area contributed by atoms with E-state index in [1.807, 2.05) is 20.8 Å². The van der Waals surface area contributed by atoms with Crippen LogP contribution in [0.4, 0.5) is 0 Å². The first kappa shape index (κ1) is 21.5. The van der Waals surface area contributed by atoms with Crippen LogP contribution in [0.1, 0.15) is 60.1 Å². The summed E-state index contributed by atoms with van der Waals surface area (Å²) in [5.74, 6) is -0.543. The summed E-state index contributed by atoms with van der Waals surface area (Å²) in [6.07, 6.45) is 2.83. The number of rotatable bonds is 10. The Kier molecular flexibility index (Phi) is 6.75. The van der Waals surface area contributed by atoms with Gasteiger partial charge in [-0.15, -0.1) is 5.10 Å². The topological polar surface area (TPSA) is 86.5 Å². The molecule has 1 aromatic rings. The van der Waals surface area contributed by atoms with Gasteiger partial charge in [0.25, 0.3) is 0 Å². The van der Waals surface area contributed by atoms with E-state index in [1.54, 1.807) is 17.8 Å². The van der Waals surface area contributed by atoms with Crippen molar-refractivity contribution in [3.05, 3.63) is 11.9 Å². The Labute approximate surface area is 161 Å². The molecule has 8 heteroatoms. The minimum absolute atomic E-state index is 0.143. The van der Waals surface area contributed by atoms with Gasteiger partial charge in [-0.05, 0) is 41.0 Å². The quantitative estimate of drug-likeness (QED) is 0.578. The van der Waals surface area contributed by atoms with Gasteiger partial charge >= 0.3 is 0 Å². The van der Waals surface area contributed by atoms with E-state index in [-0.39, 0.29) is 36.3 Å².